The minimum Gasteiger partial charge on any atom is -0.382 e. The summed E-state index contributed by atoms with van der Waals surface area (Å²) in [5.41, 5.74) is -1.63. The molecular weight excluding hydrogens is 188 g/mol. The normalized spacial score (nSPS) is 56.2. The molecule has 2 heteroatoms. The van der Waals surface area contributed by atoms with Crippen molar-refractivity contribution in [2.45, 2.75) is 25.9 Å². The molecule has 4 aliphatic carbocycles. The van der Waals surface area contributed by atoms with E-state index in [1.165, 1.54) is 0 Å². The minimum atomic E-state index is -1.16. The van der Waals surface area contributed by atoms with Gasteiger partial charge in [0.05, 0.1) is 5.41 Å². The summed E-state index contributed by atoms with van der Waals surface area (Å²) < 4.78 is 0. The van der Waals surface area contributed by atoms with E-state index in [-0.39, 0.29) is 11.7 Å². The van der Waals surface area contributed by atoms with Crippen molar-refractivity contribution in [2.24, 2.45) is 23.2 Å². The highest BCUT2D eigenvalue weighted by molar-refractivity contribution is 5.96. The average Bonchev–Trinajstić information content (AvgIpc) is 2.64. The molecule has 0 spiro atoms. The summed E-state index contributed by atoms with van der Waals surface area (Å²) in [5, 5.41) is 10.3. The molecule has 4 aliphatic rings. The Kier molecular flexibility index (Phi) is 1.52. The lowest BCUT2D eigenvalue weighted by Gasteiger charge is -2.54. The molecule has 1 saturated carbocycles. The second-order valence-corrected chi connectivity index (χ2v) is 5.50. The van der Waals surface area contributed by atoms with Crippen molar-refractivity contribution in [2.75, 3.05) is 0 Å². The van der Waals surface area contributed by atoms with E-state index in [0.29, 0.717) is 11.8 Å². The Morgan fingerprint density at radius 3 is 2.80 bits per heavy atom. The predicted octanol–water partition coefficient (Wildman–Crippen LogP) is 1.70. The third kappa shape index (κ3) is 0.871. The molecule has 0 aromatic heterocycles. The van der Waals surface area contributed by atoms with E-state index >= 15 is 0 Å². The Morgan fingerprint density at radius 1 is 1.33 bits per heavy atom. The molecule has 2 bridgehead atoms. The number of rotatable bonds is 0. The first kappa shape index (κ1) is 9.34. The molecule has 0 unspecified atom stereocenters. The van der Waals surface area contributed by atoms with Gasteiger partial charge in [-0.05, 0) is 32.1 Å². The molecule has 2 nitrogen and oxygen atoms in total. The highest BCUT2D eigenvalue weighted by atomic mass is 16.3. The molecule has 0 aromatic carbocycles. The fourth-order valence-electron chi connectivity index (χ4n) is 3.77. The Hall–Kier alpha value is -0.890. The monoisotopic (exact) mass is 204 g/mol. The summed E-state index contributed by atoms with van der Waals surface area (Å²) in [5.74, 6) is 0.732. The van der Waals surface area contributed by atoms with Gasteiger partial charge in [-0.15, -0.1) is 0 Å². The third-order valence-electron chi connectivity index (χ3n) is 4.61. The van der Waals surface area contributed by atoms with Crippen LogP contribution < -0.4 is 0 Å². The smallest absolute Gasteiger partial charge is 0.174 e. The maximum atomic E-state index is 12.2. The number of aliphatic hydroxyl groups is 1. The Morgan fingerprint density at radius 2 is 2.07 bits per heavy atom. The zero-order valence-electron chi connectivity index (χ0n) is 9.10. The zero-order valence-corrected chi connectivity index (χ0v) is 9.10. The van der Waals surface area contributed by atoms with E-state index in [9.17, 15) is 9.90 Å². The van der Waals surface area contributed by atoms with E-state index in [0.717, 1.165) is 6.42 Å². The number of hydrogen-bond acceptors (Lipinski definition) is 2. The van der Waals surface area contributed by atoms with Gasteiger partial charge in [0.1, 0.15) is 5.60 Å². The lowest BCUT2D eigenvalue weighted by molar-refractivity contribution is -0.164. The van der Waals surface area contributed by atoms with E-state index < -0.39 is 11.0 Å². The highest BCUT2D eigenvalue weighted by Crippen LogP contribution is 2.57. The van der Waals surface area contributed by atoms with Crippen molar-refractivity contribution in [3.05, 3.63) is 24.3 Å². The molecule has 0 heterocycles. The summed E-state index contributed by atoms with van der Waals surface area (Å²) in [6.45, 7) is 3.64. The van der Waals surface area contributed by atoms with Crippen LogP contribution in [-0.2, 0) is 4.79 Å². The second kappa shape index (κ2) is 2.43. The average molecular weight is 204 g/mol. The molecule has 4 rings (SSSR count). The van der Waals surface area contributed by atoms with E-state index in [2.05, 4.69) is 18.2 Å². The van der Waals surface area contributed by atoms with Gasteiger partial charge in [-0.3, -0.25) is 4.79 Å². The molecule has 0 aromatic rings. The molecule has 5 atom stereocenters. The number of Topliss-reactive ketones (excluding diaryl/α,β-unsaturated/α-hetero) is 1. The van der Waals surface area contributed by atoms with Gasteiger partial charge in [-0.2, -0.15) is 0 Å². The molecule has 15 heavy (non-hydrogen) atoms. The quantitative estimate of drug-likeness (QED) is 0.610. The first-order valence-electron chi connectivity index (χ1n) is 5.61. The van der Waals surface area contributed by atoms with Crippen LogP contribution in [0.5, 0.6) is 0 Å². The zero-order chi connectivity index (χ0) is 10.8. The number of fused-ring (bicyclic) bond motifs is 1. The summed E-state index contributed by atoms with van der Waals surface area (Å²) in [4.78, 5) is 12.2. The predicted molar refractivity (Wildman–Crippen MR) is 57.1 cm³/mol. The van der Waals surface area contributed by atoms with Crippen LogP contribution in [-0.4, -0.2) is 16.5 Å². The lowest BCUT2D eigenvalue weighted by Crippen LogP contribution is -2.62. The van der Waals surface area contributed by atoms with Crippen LogP contribution in [0.25, 0.3) is 0 Å². The van der Waals surface area contributed by atoms with Crippen LogP contribution in [0.2, 0.25) is 0 Å². The molecule has 1 N–H and O–H groups in total. The van der Waals surface area contributed by atoms with Crippen LogP contribution in [0.4, 0.5) is 0 Å². The van der Waals surface area contributed by atoms with Gasteiger partial charge in [0, 0.05) is 5.92 Å². The van der Waals surface area contributed by atoms with Crippen molar-refractivity contribution in [3.63, 3.8) is 0 Å². The molecule has 0 aliphatic heterocycles. The maximum absolute atomic E-state index is 12.2. The SMILES string of the molecule is C[C@@]1(O)C(=O)[C@@]2(C)C=C[C@@H]1[C@@H]1CC=C[C@@H]12. The first-order valence-corrected chi connectivity index (χ1v) is 5.61. The third-order valence-corrected chi connectivity index (χ3v) is 4.61. The lowest BCUT2D eigenvalue weighted by atomic mass is 9.50. The van der Waals surface area contributed by atoms with Gasteiger partial charge in [0.25, 0.3) is 0 Å². The molecule has 0 radical (unpaired) electrons. The number of carbonyl (C=O) groups is 1. The van der Waals surface area contributed by atoms with Gasteiger partial charge in [0.15, 0.2) is 5.78 Å². The highest BCUT2D eigenvalue weighted by Gasteiger charge is 2.62. The van der Waals surface area contributed by atoms with E-state index in [4.69, 9.17) is 0 Å². The maximum Gasteiger partial charge on any atom is 0.174 e. The molecule has 1 fully saturated rings. The largest absolute Gasteiger partial charge is 0.382 e. The second-order valence-electron chi connectivity index (χ2n) is 5.50. The number of ketones is 1. The van der Waals surface area contributed by atoms with Crippen molar-refractivity contribution < 1.29 is 9.90 Å². The van der Waals surface area contributed by atoms with Crippen LogP contribution in [0.3, 0.4) is 0 Å². The van der Waals surface area contributed by atoms with Crippen LogP contribution in [0.15, 0.2) is 24.3 Å². The Labute approximate surface area is 89.7 Å². The van der Waals surface area contributed by atoms with Crippen molar-refractivity contribution >= 4 is 5.78 Å². The molecule has 80 valence electrons. The van der Waals surface area contributed by atoms with Crippen LogP contribution in [0.1, 0.15) is 20.3 Å². The fourth-order valence-corrected chi connectivity index (χ4v) is 3.77. The number of allylic oxidation sites excluding steroid dienone is 3. The summed E-state index contributed by atoms with van der Waals surface area (Å²) in [6, 6.07) is 0. The molecule has 0 amide bonds. The summed E-state index contributed by atoms with van der Waals surface area (Å²) in [6.07, 6.45) is 9.37. The Bertz CT molecular complexity index is 391. The van der Waals surface area contributed by atoms with E-state index in [1.807, 2.05) is 13.0 Å². The van der Waals surface area contributed by atoms with E-state index in [1.54, 1.807) is 6.92 Å². The fraction of sp³-hybridized carbons (Fsp3) is 0.615. The number of hydrogen-bond donors (Lipinski definition) is 1. The van der Waals surface area contributed by atoms with Crippen LogP contribution >= 0.6 is 0 Å². The van der Waals surface area contributed by atoms with Crippen LogP contribution in [0, 0.1) is 23.2 Å². The van der Waals surface area contributed by atoms with Crippen molar-refractivity contribution in [3.8, 4) is 0 Å². The topological polar surface area (TPSA) is 37.3 Å². The minimum absolute atomic E-state index is 0.00435. The number of carbonyl (C=O) groups excluding carboxylic acids is 1. The first-order chi connectivity index (χ1) is 6.98. The summed E-state index contributed by atoms with van der Waals surface area (Å²) >= 11 is 0. The van der Waals surface area contributed by atoms with Gasteiger partial charge < -0.3 is 5.11 Å². The standard InChI is InChI=1S/C13H16O2/c1-12-7-6-10(13(2,15)11(12)14)8-4-3-5-9(8)12/h3,5-10,15H,4H2,1-2H3/t8-,9+,10-,12+,13+/m1/s1. The molecular formula is C13H16O2. The summed E-state index contributed by atoms with van der Waals surface area (Å²) in [7, 11) is 0. The van der Waals surface area contributed by atoms with Gasteiger partial charge >= 0.3 is 0 Å². The molecule has 0 saturated heterocycles. The van der Waals surface area contributed by atoms with Crippen molar-refractivity contribution in [1.29, 1.82) is 0 Å². The van der Waals surface area contributed by atoms with Crippen molar-refractivity contribution in [1.82, 2.24) is 0 Å². The van der Waals surface area contributed by atoms with Gasteiger partial charge in [0.2, 0.25) is 0 Å². The van der Waals surface area contributed by atoms with Gasteiger partial charge in [-0.1, -0.05) is 24.3 Å². The Balaban J connectivity index is 2.19. The van der Waals surface area contributed by atoms with Gasteiger partial charge in [-0.25, -0.2) is 0 Å².